The predicted molar refractivity (Wildman–Crippen MR) is 309 cm³/mol. The van der Waals surface area contributed by atoms with E-state index in [1.54, 1.807) is 35.2 Å². The summed E-state index contributed by atoms with van der Waals surface area (Å²) in [6.07, 6.45) is 9.79. The molecule has 18 nitrogen and oxygen atoms in total. The third-order valence-corrected chi connectivity index (χ3v) is 15.7. The second kappa shape index (κ2) is 27.5. The number of phenols is 2. The summed E-state index contributed by atoms with van der Waals surface area (Å²) >= 11 is 0. The monoisotopic (exact) mass is 1120 g/mol. The number of aryl methyl sites for hydroxylation is 1. The lowest BCUT2D eigenvalue weighted by Gasteiger charge is -2.36. The van der Waals surface area contributed by atoms with Crippen LogP contribution in [0.25, 0.3) is 10.9 Å². The van der Waals surface area contributed by atoms with Crippen molar-refractivity contribution in [3.63, 3.8) is 0 Å². The first-order valence-electron chi connectivity index (χ1n) is 28.9. The fourth-order valence-electron chi connectivity index (χ4n) is 11.3. The van der Waals surface area contributed by atoms with Gasteiger partial charge in [-0.25, -0.2) is 4.79 Å². The molecular weight excluding hydrogens is 1040 g/mol. The summed E-state index contributed by atoms with van der Waals surface area (Å²) in [5, 5.41) is 33.4. The molecule has 432 valence electrons. The number of phenolic OH excluding ortho intramolecular Hbond substituents is 2. The Kier molecular flexibility index (Phi) is 19.6. The number of hydrogen-bond donors (Lipinski definition) is 6. The van der Waals surface area contributed by atoms with Crippen molar-refractivity contribution in [3.05, 3.63) is 148 Å². The van der Waals surface area contributed by atoms with E-state index < -0.39 is 11.6 Å². The average molecular weight is 1120 g/mol. The second-order valence-electron chi connectivity index (χ2n) is 21.1. The number of ether oxygens (including phenoxy) is 4. The van der Waals surface area contributed by atoms with Gasteiger partial charge in [0.1, 0.15) is 35.2 Å². The van der Waals surface area contributed by atoms with Gasteiger partial charge >= 0.3 is 5.97 Å². The van der Waals surface area contributed by atoms with Crippen molar-refractivity contribution in [3.8, 4) is 23.0 Å². The van der Waals surface area contributed by atoms with Crippen molar-refractivity contribution in [1.29, 1.82) is 0 Å². The molecule has 1 aromatic heterocycles. The molecule has 0 bridgehead atoms. The van der Waals surface area contributed by atoms with Crippen LogP contribution in [0.5, 0.6) is 23.0 Å². The highest BCUT2D eigenvalue weighted by atomic mass is 16.6. The molecule has 0 unspecified atom stereocenters. The third-order valence-electron chi connectivity index (χ3n) is 15.7. The van der Waals surface area contributed by atoms with Crippen LogP contribution in [0.3, 0.4) is 0 Å². The van der Waals surface area contributed by atoms with Gasteiger partial charge in [-0.15, -0.1) is 0 Å². The predicted octanol–water partition coefficient (Wildman–Crippen LogP) is 8.95. The van der Waals surface area contributed by atoms with Crippen molar-refractivity contribution in [2.45, 2.75) is 109 Å². The zero-order chi connectivity index (χ0) is 57.6. The Balaban J connectivity index is 0.583. The van der Waals surface area contributed by atoms with Gasteiger partial charge in [0.25, 0.3) is 11.8 Å². The fraction of sp³-hybridized carbons (Fsp3) is 0.406. The molecule has 82 heavy (non-hydrogen) atoms. The number of rotatable bonds is 27. The standard InChI is InChI=1S/C64H74N6O12/c1-3-42-14-13-16-47(36-42)69(4-2)59(74)41-70-54-17-10-9-15-44(54)38-55(70)62(77)68-46-21-18-43(19-22-46)60(75)66-30-12-8-6-5-7-11-29-65-58(73)28-32-79-34-35-80-33-31-67-61(76)45-20-25-50-53(37-45)64(82-63(50)78)51-26-23-48(71)39-56(51)81-57-40-49(72)24-27-52(57)64/h9-10,13-17,20,23-27,36-40,43,46,71-72H,3-8,11-12,18-19,21-22,28-35,41H2,1-2H3,(H,65,73)(H,66,75)(H,67,76)(H,68,77). The van der Waals surface area contributed by atoms with Crippen LogP contribution in [0.15, 0.2) is 109 Å². The van der Waals surface area contributed by atoms with E-state index in [0.717, 1.165) is 67.1 Å². The lowest BCUT2D eigenvalue weighted by Crippen LogP contribution is -2.42. The van der Waals surface area contributed by atoms with Gasteiger partial charge in [-0.3, -0.25) is 24.0 Å². The highest BCUT2D eigenvalue weighted by molar-refractivity contribution is 6.02. The number of aromatic hydroxyl groups is 2. The number of likely N-dealkylation sites (N-methyl/N-ethyl adjacent to an activating group) is 1. The first-order valence-corrected chi connectivity index (χ1v) is 28.9. The van der Waals surface area contributed by atoms with E-state index in [0.29, 0.717) is 67.7 Å². The summed E-state index contributed by atoms with van der Waals surface area (Å²) in [7, 11) is 0. The molecule has 2 aliphatic heterocycles. The minimum Gasteiger partial charge on any atom is -0.508 e. The number of unbranched alkanes of at least 4 members (excludes halogenated alkanes) is 5. The maximum atomic E-state index is 13.8. The molecule has 0 atom stereocenters. The third kappa shape index (κ3) is 13.7. The molecule has 1 aliphatic carbocycles. The molecule has 0 radical (unpaired) electrons. The van der Waals surface area contributed by atoms with Gasteiger partial charge in [-0.05, 0) is 124 Å². The molecule has 1 spiro atoms. The molecule has 6 aromatic rings. The number of esters is 1. The topological polar surface area (TPSA) is 236 Å². The van der Waals surface area contributed by atoms with Crippen molar-refractivity contribution >= 4 is 52.1 Å². The Morgan fingerprint density at radius 3 is 2.06 bits per heavy atom. The van der Waals surface area contributed by atoms with Crippen LogP contribution in [0, 0.1) is 5.92 Å². The van der Waals surface area contributed by atoms with Crippen LogP contribution in [0.2, 0.25) is 0 Å². The van der Waals surface area contributed by atoms with Gasteiger partial charge in [0, 0.05) is 95.5 Å². The van der Waals surface area contributed by atoms with Crippen molar-refractivity contribution in [1.82, 2.24) is 25.8 Å². The lowest BCUT2D eigenvalue weighted by molar-refractivity contribution is -0.126. The van der Waals surface area contributed by atoms with Crippen LogP contribution < -0.4 is 30.9 Å². The van der Waals surface area contributed by atoms with Gasteiger partial charge in [-0.1, -0.05) is 62.9 Å². The van der Waals surface area contributed by atoms with Crippen LogP contribution >= 0.6 is 0 Å². The van der Waals surface area contributed by atoms with Crippen LogP contribution in [0.1, 0.15) is 138 Å². The number of anilines is 1. The number of carbonyl (C=O) groups is 6. The Labute approximate surface area is 477 Å². The zero-order valence-corrected chi connectivity index (χ0v) is 46.8. The largest absolute Gasteiger partial charge is 0.508 e. The van der Waals surface area contributed by atoms with E-state index in [1.165, 1.54) is 24.3 Å². The van der Waals surface area contributed by atoms with Crippen molar-refractivity contribution in [2.24, 2.45) is 5.92 Å². The molecule has 0 saturated heterocycles. The Bertz CT molecular complexity index is 3220. The summed E-state index contributed by atoms with van der Waals surface area (Å²) in [5.74, 6) is -1.01. The van der Waals surface area contributed by atoms with E-state index >= 15 is 0 Å². The molecule has 3 heterocycles. The second-order valence-corrected chi connectivity index (χ2v) is 21.1. The summed E-state index contributed by atoms with van der Waals surface area (Å²) in [4.78, 5) is 81.4. The van der Waals surface area contributed by atoms with Crippen LogP contribution in [-0.2, 0) is 47.2 Å². The maximum Gasteiger partial charge on any atom is 0.340 e. The molecule has 6 N–H and O–H groups in total. The van der Waals surface area contributed by atoms with Gasteiger partial charge < -0.3 is 59.9 Å². The number of aromatic nitrogens is 1. The van der Waals surface area contributed by atoms with Gasteiger partial charge in [0.15, 0.2) is 5.60 Å². The summed E-state index contributed by atoms with van der Waals surface area (Å²) in [6, 6.07) is 31.2. The SMILES string of the molecule is CCc1cccc(N(CC)C(=O)Cn2c(C(=O)NC3CCC(C(=O)NCCCCCCCCNC(=O)CCOCCOCCNC(=O)c4ccc5c(c4)C4(OC5=O)c5ccc(O)cc5Oc5cc(O)ccc54)CC3)cc3ccccc32)c1. The van der Waals surface area contributed by atoms with E-state index in [-0.39, 0.29) is 122 Å². The molecule has 5 amide bonds. The maximum absolute atomic E-state index is 13.8. The van der Waals surface area contributed by atoms with E-state index in [2.05, 4.69) is 34.3 Å². The summed E-state index contributed by atoms with van der Waals surface area (Å²) in [5.41, 5.74) is 3.70. The number of amides is 5. The number of benzene rings is 5. The van der Waals surface area contributed by atoms with Gasteiger partial charge in [0.05, 0.1) is 32.0 Å². The van der Waals surface area contributed by atoms with E-state index in [9.17, 15) is 39.0 Å². The smallest absolute Gasteiger partial charge is 0.340 e. The van der Waals surface area contributed by atoms with Crippen molar-refractivity contribution in [2.75, 3.05) is 57.5 Å². The fourth-order valence-corrected chi connectivity index (χ4v) is 11.3. The van der Waals surface area contributed by atoms with Crippen LogP contribution in [-0.4, -0.2) is 109 Å². The number of hydrogen-bond acceptors (Lipinski definition) is 12. The van der Waals surface area contributed by atoms with Crippen molar-refractivity contribution < 1.29 is 57.9 Å². The number of fused-ring (bicyclic) bond motifs is 7. The highest BCUT2D eigenvalue weighted by Gasteiger charge is 2.54. The highest BCUT2D eigenvalue weighted by Crippen LogP contribution is 2.57. The Morgan fingerprint density at radius 2 is 1.35 bits per heavy atom. The molecule has 3 aliphatic rings. The lowest BCUT2D eigenvalue weighted by atomic mass is 9.77. The number of nitrogens with one attached hydrogen (secondary N) is 4. The van der Waals surface area contributed by atoms with E-state index in [1.807, 2.05) is 60.0 Å². The minimum absolute atomic E-state index is 0.0325. The minimum atomic E-state index is -1.49. The molecule has 1 saturated carbocycles. The Hall–Kier alpha value is -8.22. The molecule has 5 aromatic carbocycles. The quantitative estimate of drug-likeness (QED) is 0.0210. The zero-order valence-electron chi connectivity index (χ0n) is 46.8. The van der Waals surface area contributed by atoms with Gasteiger partial charge in [0.2, 0.25) is 17.7 Å². The molecule has 18 heteroatoms. The molecule has 9 rings (SSSR count). The number of para-hydroxylation sites is 1. The van der Waals surface area contributed by atoms with Crippen LogP contribution in [0.4, 0.5) is 5.69 Å². The number of carbonyl (C=O) groups excluding carboxylic acids is 6. The summed E-state index contributed by atoms with van der Waals surface area (Å²) < 4.78 is 25.1. The normalized spacial score (nSPS) is 15.6. The Morgan fingerprint density at radius 1 is 0.671 bits per heavy atom. The summed E-state index contributed by atoms with van der Waals surface area (Å²) in [6.45, 7) is 7.06. The molecule has 1 fully saturated rings. The first kappa shape index (κ1) is 58.4. The van der Waals surface area contributed by atoms with E-state index in [4.69, 9.17) is 18.9 Å². The van der Waals surface area contributed by atoms with Gasteiger partial charge in [-0.2, -0.15) is 0 Å². The molecular formula is C64H74N6O12. The number of nitrogens with zero attached hydrogens (tertiary/aromatic N) is 2. The first-order chi connectivity index (χ1) is 39.9. The average Bonchev–Trinajstić information content (AvgIpc) is 1.89.